The molecule has 1 aromatic rings. The topological polar surface area (TPSA) is 32.3 Å². The van der Waals surface area contributed by atoms with Crippen molar-refractivity contribution in [2.45, 2.75) is 64.1 Å². The van der Waals surface area contributed by atoms with Crippen LogP contribution < -0.4 is 5.32 Å². The summed E-state index contributed by atoms with van der Waals surface area (Å²) < 4.78 is 0. The molecular weight excluding hydrogens is 230 g/mol. The highest BCUT2D eigenvalue weighted by Gasteiger charge is 2.20. The summed E-state index contributed by atoms with van der Waals surface area (Å²) >= 11 is 1.90. The lowest BCUT2D eigenvalue weighted by Gasteiger charge is -2.29. The van der Waals surface area contributed by atoms with E-state index in [1.807, 2.05) is 11.3 Å². The van der Waals surface area contributed by atoms with E-state index in [0.717, 1.165) is 32.1 Å². The van der Waals surface area contributed by atoms with E-state index in [0.29, 0.717) is 12.1 Å². The maximum atomic E-state index is 9.47. The Morgan fingerprint density at radius 2 is 2.06 bits per heavy atom. The van der Waals surface area contributed by atoms with Crippen molar-refractivity contribution in [3.63, 3.8) is 0 Å². The summed E-state index contributed by atoms with van der Waals surface area (Å²) in [5.74, 6) is 0. The molecule has 0 spiro atoms. The molecule has 0 bridgehead atoms. The first-order valence-electron chi connectivity index (χ1n) is 6.63. The fraction of sp³-hybridized carbons (Fsp3) is 0.714. The molecule has 3 heteroatoms. The maximum Gasteiger partial charge on any atom is 0.0541 e. The molecule has 1 aliphatic rings. The zero-order valence-corrected chi connectivity index (χ0v) is 11.6. The molecule has 1 atom stereocenters. The molecule has 1 saturated carbocycles. The van der Waals surface area contributed by atoms with Crippen LogP contribution in [0, 0.1) is 6.92 Å². The van der Waals surface area contributed by atoms with Gasteiger partial charge in [-0.2, -0.15) is 0 Å². The maximum absolute atomic E-state index is 9.47. The van der Waals surface area contributed by atoms with E-state index in [1.165, 1.54) is 9.75 Å². The monoisotopic (exact) mass is 253 g/mol. The fourth-order valence-electron chi connectivity index (χ4n) is 2.60. The molecule has 96 valence electrons. The van der Waals surface area contributed by atoms with Crippen LogP contribution in [0.5, 0.6) is 0 Å². The summed E-state index contributed by atoms with van der Waals surface area (Å²) in [5.41, 5.74) is 0. The Bertz CT molecular complexity index is 342. The first-order valence-corrected chi connectivity index (χ1v) is 7.44. The van der Waals surface area contributed by atoms with Gasteiger partial charge in [0, 0.05) is 21.8 Å². The van der Waals surface area contributed by atoms with Gasteiger partial charge in [-0.05, 0) is 58.1 Å². The van der Waals surface area contributed by atoms with Gasteiger partial charge in [0.05, 0.1) is 6.10 Å². The zero-order chi connectivity index (χ0) is 12.3. The average molecular weight is 253 g/mol. The lowest BCUT2D eigenvalue weighted by atomic mass is 9.92. The second kappa shape index (κ2) is 5.98. The Morgan fingerprint density at radius 3 is 2.65 bits per heavy atom. The molecule has 0 amide bonds. The van der Waals surface area contributed by atoms with Crippen molar-refractivity contribution in [2.75, 3.05) is 0 Å². The average Bonchev–Trinajstić information content (AvgIpc) is 2.67. The van der Waals surface area contributed by atoms with Crippen LogP contribution in [0.3, 0.4) is 0 Å². The number of aryl methyl sites for hydroxylation is 1. The Morgan fingerprint density at radius 1 is 1.35 bits per heavy atom. The Hall–Kier alpha value is -0.380. The van der Waals surface area contributed by atoms with Crippen molar-refractivity contribution < 1.29 is 5.11 Å². The first-order chi connectivity index (χ1) is 8.13. The van der Waals surface area contributed by atoms with Gasteiger partial charge in [0.2, 0.25) is 0 Å². The van der Waals surface area contributed by atoms with Gasteiger partial charge in [-0.25, -0.2) is 0 Å². The van der Waals surface area contributed by atoms with Crippen LogP contribution in [-0.2, 0) is 6.42 Å². The largest absolute Gasteiger partial charge is 0.393 e. The van der Waals surface area contributed by atoms with Crippen LogP contribution in [-0.4, -0.2) is 23.3 Å². The van der Waals surface area contributed by atoms with E-state index < -0.39 is 0 Å². The highest BCUT2D eigenvalue weighted by atomic mass is 32.1. The summed E-state index contributed by atoms with van der Waals surface area (Å²) in [7, 11) is 0. The van der Waals surface area contributed by atoms with Gasteiger partial charge in [-0.15, -0.1) is 11.3 Å². The molecule has 1 heterocycles. The predicted octanol–water partition coefficient (Wildman–Crippen LogP) is 2.88. The molecule has 1 fully saturated rings. The molecule has 17 heavy (non-hydrogen) atoms. The van der Waals surface area contributed by atoms with Gasteiger partial charge in [-0.1, -0.05) is 0 Å². The summed E-state index contributed by atoms with van der Waals surface area (Å²) in [4.78, 5) is 2.87. The third kappa shape index (κ3) is 4.09. The summed E-state index contributed by atoms with van der Waals surface area (Å²) in [5, 5.41) is 13.2. The number of rotatable bonds is 4. The second-order valence-corrected chi connectivity index (χ2v) is 6.66. The SMILES string of the molecule is Cc1ccc(CC(C)NC2CCC(O)CC2)s1. The Kier molecular flexibility index (Phi) is 4.60. The summed E-state index contributed by atoms with van der Waals surface area (Å²) in [6, 6.07) is 5.58. The number of aliphatic hydroxyl groups excluding tert-OH is 1. The van der Waals surface area contributed by atoms with Crippen LogP contribution in [0.2, 0.25) is 0 Å². The Labute approximate surface area is 108 Å². The van der Waals surface area contributed by atoms with Gasteiger partial charge in [-0.3, -0.25) is 0 Å². The lowest BCUT2D eigenvalue weighted by Crippen LogP contribution is -2.40. The van der Waals surface area contributed by atoms with Crippen molar-refractivity contribution in [1.82, 2.24) is 5.32 Å². The van der Waals surface area contributed by atoms with E-state index >= 15 is 0 Å². The van der Waals surface area contributed by atoms with Crippen molar-refractivity contribution in [3.8, 4) is 0 Å². The number of hydrogen-bond donors (Lipinski definition) is 2. The lowest BCUT2D eigenvalue weighted by molar-refractivity contribution is 0.114. The molecule has 2 nitrogen and oxygen atoms in total. The molecule has 2 rings (SSSR count). The van der Waals surface area contributed by atoms with Crippen LogP contribution >= 0.6 is 11.3 Å². The normalized spacial score (nSPS) is 27.0. The molecule has 1 aliphatic carbocycles. The van der Waals surface area contributed by atoms with E-state index in [9.17, 15) is 5.11 Å². The van der Waals surface area contributed by atoms with Gasteiger partial charge < -0.3 is 10.4 Å². The van der Waals surface area contributed by atoms with Gasteiger partial charge in [0.1, 0.15) is 0 Å². The van der Waals surface area contributed by atoms with Crippen molar-refractivity contribution >= 4 is 11.3 Å². The van der Waals surface area contributed by atoms with Crippen LogP contribution in [0.1, 0.15) is 42.4 Å². The smallest absolute Gasteiger partial charge is 0.0541 e. The molecule has 1 aromatic heterocycles. The minimum absolute atomic E-state index is 0.0525. The molecule has 2 N–H and O–H groups in total. The zero-order valence-electron chi connectivity index (χ0n) is 10.8. The third-order valence-corrected chi connectivity index (χ3v) is 4.54. The van der Waals surface area contributed by atoms with Crippen LogP contribution in [0.4, 0.5) is 0 Å². The Balaban J connectivity index is 1.75. The number of aliphatic hydroxyl groups is 1. The number of nitrogens with one attached hydrogen (secondary N) is 1. The highest BCUT2D eigenvalue weighted by Crippen LogP contribution is 2.20. The molecule has 0 saturated heterocycles. The van der Waals surface area contributed by atoms with Gasteiger partial charge in [0.25, 0.3) is 0 Å². The van der Waals surface area contributed by atoms with Crippen molar-refractivity contribution in [3.05, 3.63) is 21.9 Å². The van der Waals surface area contributed by atoms with E-state index in [-0.39, 0.29) is 6.10 Å². The predicted molar refractivity (Wildman–Crippen MR) is 73.6 cm³/mol. The highest BCUT2D eigenvalue weighted by molar-refractivity contribution is 7.11. The molecule has 1 unspecified atom stereocenters. The summed E-state index contributed by atoms with van der Waals surface area (Å²) in [6.45, 7) is 4.43. The molecule has 0 radical (unpaired) electrons. The van der Waals surface area contributed by atoms with Gasteiger partial charge >= 0.3 is 0 Å². The first kappa shape index (κ1) is 13.1. The number of thiophene rings is 1. The van der Waals surface area contributed by atoms with Crippen molar-refractivity contribution in [2.24, 2.45) is 0 Å². The fourth-order valence-corrected chi connectivity index (χ4v) is 3.62. The van der Waals surface area contributed by atoms with Crippen LogP contribution in [0.15, 0.2) is 12.1 Å². The molecule has 0 aliphatic heterocycles. The molecular formula is C14H23NOS. The molecule has 0 aromatic carbocycles. The quantitative estimate of drug-likeness (QED) is 0.865. The number of hydrogen-bond acceptors (Lipinski definition) is 3. The van der Waals surface area contributed by atoms with E-state index in [4.69, 9.17) is 0 Å². The van der Waals surface area contributed by atoms with E-state index in [2.05, 4.69) is 31.3 Å². The third-order valence-electron chi connectivity index (χ3n) is 3.52. The minimum atomic E-state index is -0.0525. The standard InChI is InChI=1S/C14H23NOS/c1-10(9-14-8-3-11(2)17-14)15-12-4-6-13(16)7-5-12/h3,8,10,12-13,15-16H,4-7,9H2,1-2H3. The van der Waals surface area contributed by atoms with E-state index in [1.54, 1.807) is 0 Å². The summed E-state index contributed by atoms with van der Waals surface area (Å²) in [6.07, 6.45) is 5.23. The van der Waals surface area contributed by atoms with Crippen molar-refractivity contribution in [1.29, 1.82) is 0 Å². The van der Waals surface area contributed by atoms with Crippen LogP contribution in [0.25, 0.3) is 0 Å². The minimum Gasteiger partial charge on any atom is -0.393 e. The van der Waals surface area contributed by atoms with Gasteiger partial charge in [0.15, 0.2) is 0 Å². The second-order valence-electron chi connectivity index (χ2n) is 5.29.